The van der Waals surface area contributed by atoms with Gasteiger partial charge in [-0.1, -0.05) is 12.1 Å². The van der Waals surface area contributed by atoms with Crippen molar-refractivity contribution in [2.24, 2.45) is 0 Å². The molecule has 4 nitrogen and oxygen atoms in total. The van der Waals surface area contributed by atoms with Gasteiger partial charge in [-0.25, -0.2) is 4.39 Å². The van der Waals surface area contributed by atoms with E-state index in [-0.39, 0.29) is 17.8 Å². The van der Waals surface area contributed by atoms with Gasteiger partial charge in [-0.3, -0.25) is 4.79 Å². The summed E-state index contributed by atoms with van der Waals surface area (Å²) in [5.74, 6) is 0.191. The molecule has 1 amide bonds. The van der Waals surface area contributed by atoms with Gasteiger partial charge in [0.15, 0.2) is 0 Å². The largest absolute Gasteiger partial charge is 0.491 e. The first-order valence-corrected chi connectivity index (χ1v) is 8.28. The maximum Gasteiger partial charge on any atom is 0.248 e. The second-order valence-electron chi connectivity index (χ2n) is 5.84. The molecule has 0 aliphatic carbocycles. The van der Waals surface area contributed by atoms with Crippen molar-refractivity contribution in [3.05, 3.63) is 66.0 Å². The summed E-state index contributed by atoms with van der Waals surface area (Å²) in [5, 5.41) is 2.77. The number of carbonyl (C=O) groups excluding carboxylic acids is 1. The Bertz CT molecular complexity index is 720. The average Bonchev–Trinajstić information content (AvgIpc) is 3.14. The van der Waals surface area contributed by atoms with Crippen LogP contribution in [0.25, 0.3) is 6.08 Å². The normalized spacial score (nSPS) is 16.9. The average molecular weight is 341 g/mol. The molecule has 1 N–H and O–H groups in total. The van der Waals surface area contributed by atoms with Gasteiger partial charge in [0.25, 0.3) is 0 Å². The highest BCUT2D eigenvalue weighted by molar-refractivity contribution is 6.01. The van der Waals surface area contributed by atoms with E-state index in [2.05, 4.69) is 5.32 Å². The van der Waals surface area contributed by atoms with Crippen LogP contribution in [0.15, 0.2) is 54.6 Å². The Labute approximate surface area is 146 Å². The molecule has 2 aromatic carbocycles. The molecule has 1 saturated heterocycles. The summed E-state index contributed by atoms with van der Waals surface area (Å²) in [5.41, 5.74) is 1.44. The molecule has 0 saturated carbocycles. The Morgan fingerprint density at radius 1 is 1.20 bits per heavy atom. The van der Waals surface area contributed by atoms with Gasteiger partial charge in [-0.2, -0.15) is 0 Å². The zero-order chi connectivity index (χ0) is 17.5. The van der Waals surface area contributed by atoms with Crippen molar-refractivity contribution in [1.29, 1.82) is 0 Å². The molecule has 0 radical (unpaired) electrons. The number of carbonyl (C=O) groups is 1. The summed E-state index contributed by atoms with van der Waals surface area (Å²) in [4.78, 5) is 11.9. The van der Waals surface area contributed by atoms with Gasteiger partial charge in [-0.15, -0.1) is 0 Å². The standard InChI is InChI=1S/C20H20FNO3/c21-16-6-3-15(4-7-16)5-12-20(23)22-17-8-10-18(11-9-17)25-14-19-2-1-13-24-19/h3-12,19H,1-2,13-14H2,(H,22,23). The van der Waals surface area contributed by atoms with Crippen molar-refractivity contribution in [1.82, 2.24) is 0 Å². The van der Waals surface area contributed by atoms with Gasteiger partial charge in [-0.05, 0) is 60.9 Å². The molecule has 1 aliphatic heterocycles. The van der Waals surface area contributed by atoms with E-state index in [1.165, 1.54) is 18.2 Å². The van der Waals surface area contributed by atoms with Crippen LogP contribution in [0.3, 0.4) is 0 Å². The van der Waals surface area contributed by atoms with Crippen molar-refractivity contribution in [3.63, 3.8) is 0 Å². The minimum absolute atomic E-state index is 0.177. The first-order chi connectivity index (χ1) is 12.2. The molecule has 5 heteroatoms. The molecule has 0 aromatic heterocycles. The van der Waals surface area contributed by atoms with Crippen LogP contribution in [0.4, 0.5) is 10.1 Å². The highest BCUT2D eigenvalue weighted by Gasteiger charge is 2.15. The van der Waals surface area contributed by atoms with Crippen LogP contribution in [0, 0.1) is 5.82 Å². The summed E-state index contributed by atoms with van der Waals surface area (Å²) < 4.78 is 24.0. The van der Waals surface area contributed by atoms with Crippen molar-refractivity contribution >= 4 is 17.7 Å². The predicted octanol–water partition coefficient (Wildman–Crippen LogP) is 4.04. The van der Waals surface area contributed by atoms with Crippen LogP contribution in [0.5, 0.6) is 5.75 Å². The summed E-state index contributed by atoms with van der Waals surface area (Å²) >= 11 is 0. The fraction of sp³-hybridized carbons (Fsp3) is 0.250. The van der Waals surface area contributed by atoms with Gasteiger partial charge < -0.3 is 14.8 Å². The summed E-state index contributed by atoms with van der Waals surface area (Å²) in [7, 11) is 0. The van der Waals surface area contributed by atoms with Gasteiger partial charge in [0.2, 0.25) is 5.91 Å². The maximum absolute atomic E-state index is 12.8. The second-order valence-corrected chi connectivity index (χ2v) is 5.84. The number of hydrogen-bond acceptors (Lipinski definition) is 3. The highest BCUT2D eigenvalue weighted by atomic mass is 19.1. The highest BCUT2D eigenvalue weighted by Crippen LogP contribution is 2.18. The molecule has 1 aliphatic rings. The number of rotatable bonds is 6. The first kappa shape index (κ1) is 17.2. The van der Waals surface area contributed by atoms with Gasteiger partial charge >= 0.3 is 0 Å². The molecule has 1 unspecified atom stereocenters. The molecule has 1 fully saturated rings. The SMILES string of the molecule is O=C(C=Cc1ccc(F)cc1)Nc1ccc(OCC2CCCO2)cc1. The van der Waals surface area contributed by atoms with Crippen LogP contribution < -0.4 is 10.1 Å². The lowest BCUT2D eigenvalue weighted by Crippen LogP contribution is -2.16. The fourth-order valence-corrected chi connectivity index (χ4v) is 2.53. The zero-order valence-electron chi connectivity index (χ0n) is 13.8. The minimum atomic E-state index is -0.302. The summed E-state index contributed by atoms with van der Waals surface area (Å²) in [6.45, 7) is 1.36. The summed E-state index contributed by atoms with van der Waals surface area (Å²) in [6.07, 6.45) is 5.35. The minimum Gasteiger partial charge on any atom is -0.491 e. The number of hydrogen-bond donors (Lipinski definition) is 1. The molecule has 25 heavy (non-hydrogen) atoms. The number of halogens is 1. The smallest absolute Gasteiger partial charge is 0.248 e. The van der Waals surface area contributed by atoms with Crippen molar-refractivity contribution in [3.8, 4) is 5.75 Å². The van der Waals surface area contributed by atoms with Crippen LogP contribution in [0.1, 0.15) is 18.4 Å². The molecule has 2 aromatic rings. The number of nitrogens with one attached hydrogen (secondary N) is 1. The molecule has 0 bridgehead atoms. The van der Waals surface area contributed by atoms with E-state index in [9.17, 15) is 9.18 Å². The van der Waals surface area contributed by atoms with Crippen molar-refractivity contribution in [2.45, 2.75) is 18.9 Å². The van der Waals surface area contributed by atoms with E-state index in [0.717, 1.165) is 30.8 Å². The first-order valence-electron chi connectivity index (χ1n) is 8.28. The van der Waals surface area contributed by atoms with E-state index in [0.29, 0.717) is 12.3 Å². The Morgan fingerprint density at radius 3 is 2.64 bits per heavy atom. The Hall–Kier alpha value is -2.66. The number of benzene rings is 2. The number of ether oxygens (including phenoxy) is 2. The quantitative estimate of drug-likeness (QED) is 0.807. The molecule has 0 spiro atoms. The van der Waals surface area contributed by atoms with E-state index in [4.69, 9.17) is 9.47 Å². The molecule has 1 atom stereocenters. The van der Waals surface area contributed by atoms with Crippen LogP contribution in [-0.2, 0) is 9.53 Å². The molecule has 1 heterocycles. The third-order valence-corrected chi connectivity index (χ3v) is 3.88. The van der Waals surface area contributed by atoms with Gasteiger partial charge in [0.05, 0.1) is 6.10 Å². The van der Waals surface area contributed by atoms with Gasteiger partial charge in [0, 0.05) is 18.4 Å². The number of anilines is 1. The lowest BCUT2D eigenvalue weighted by atomic mass is 10.2. The lowest BCUT2D eigenvalue weighted by Gasteiger charge is -2.11. The molecular weight excluding hydrogens is 321 g/mol. The van der Waals surface area contributed by atoms with Crippen molar-refractivity contribution in [2.75, 3.05) is 18.5 Å². The van der Waals surface area contributed by atoms with E-state index >= 15 is 0 Å². The van der Waals surface area contributed by atoms with Crippen LogP contribution >= 0.6 is 0 Å². The van der Waals surface area contributed by atoms with Crippen LogP contribution in [0.2, 0.25) is 0 Å². The topological polar surface area (TPSA) is 47.6 Å². The third kappa shape index (κ3) is 5.43. The zero-order valence-corrected chi connectivity index (χ0v) is 13.8. The molecule has 130 valence electrons. The Morgan fingerprint density at radius 2 is 1.96 bits per heavy atom. The van der Waals surface area contributed by atoms with E-state index < -0.39 is 0 Å². The van der Waals surface area contributed by atoms with Crippen LogP contribution in [-0.4, -0.2) is 25.2 Å². The maximum atomic E-state index is 12.8. The predicted molar refractivity (Wildman–Crippen MR) is 95.0 cm³/mol. The van der Waals surface area contributed by atoms with E-state index in [1.54, 1.807) is 30.3 Å². The summed E-state index contributed by atoms with van der Waals surface area (Å²) in [6, 6.07) is 13.1. The monoisotopic (exact) mass is 341 g/mol. The van der Waals surface area contributed by atoms with Crippen molar-refractivity contribution < 1.29 is 18.7 Å². The molecule has 3 rings (SSSR count). The lowest BCUT2D eigenvalue weighted by molar-refractivity contribution is -0.111. The third-order valence-electron chi connectivity index (χ3n) is 3.88. The number of amides is 1. The Balaban J connectivity index is 1.48. The fourth-order valence-electron chi connectivity index (χ4n) is 2.53. The molecular formula is C20H20FNO3. The van der Waals surface area contributed by atoms with E-state index in [1.807, 2.05) is 12.1 Å². The van der Waals surface area contributed by atoms with Gasteiger partial charge in [0.1, 0.15) is 18.2 Å². The Kier molecular flexibility index (Phi) is 5.80. The second kappa shape index (κ2) is 8.44.